The molecule has 1 N–H and O–H groups in total. The summed E-state index contributed by atoms with van der Waals surface area (Å²) in [7, 11) is 0. The van der Waals surface area contributed by atoms with Gasteiger partial charge in [-0.25, -0.2) is 4.79 Å². The molecule has 0 radical (unpaired) electrons. The number of nitrogens with zero attached hydrogens (tertiary/aromatic N) is 1. The zero-order valence-electron chi connectivity index (χ0n) is 17.6. The van der Waals surface area contributed by atoms with Crippen LogP contribution in [0, 0.1) is 0 Å². The molecule has 0 unspecified atom stereocenters. The van der Waals surface area contributed by atoms with Gasteiger partial charge in [-0.05, 0) is 38.5 Å². The predicted molar refractivity (Wildman–Crippen MR) is 113 cm³/mol. The Morgan fingerprint density at radius 2 is 1.67 bits per heavy atom. The van der Waals surface area contributed by atoms with Gasteiger partial charge in [0, 0.05) is 12.6 Å². The van der Waals surface area contributed by atoms with Crippen molar-refractivity contribution in [1.82, 2.24) is 10.2 Å². The van der Waals surface area contributed by atoms with Crippen LogP contribution in [0.15, 0.2) is 54.6 Å². The maximum atomic E-state index is 12.5. The van der Waals surface area contributed by atoms with E-state index in [9.17, 15) is 14.4 Å². The lowest BCUT2D eigenvalue weighted by Crippen LogP contribution is -2.44. The molecule has 0 aliphatic rings. The fourth-order valence-electron chi connectivity index (χ4n) is 2.71. The second-order valence-electron chi connectivity index (χ2n) is 6.98. The summed E-state index contributed by atoms with van der Waals surface area (Å²) in [4.78, 5) is 38.1. The topological polar surface area (TPSA) is 84.9 Å². The van der Waals surface area contributed by atoms with Crippen molar-refractivity contribution >= 4 is 17.8 Å². The van der Waals surface area contributed by atoms with Crippen LogP contribution in [0.1, 0.15) is 36.7 Å². The van der Waals surface area contributed by atoms with Gasteiger partial charge in [-0.1, -0.05) is 42.5 Å². The summed E-state index contributed by atoms with van der Waals surface area (Å²) in [5.74, 6) is -0.976. The van der Waals surface area contributed by atoms with Gasteiger partial charge in [-0.3, -0.25) is 9.59 Å². The number of hydrogen-bond donors (Lipinski definition) is 1. The minimum absolute atomic E-state index is 0.0171. The van der Waals surface area contributed by atoms with Crippen molar-refractivity contribution in [3.8, 4) is 5.75 Å². The molecule has 0 bridgehead atoms. The van der Waals surface area contributed by atoms with Crippen molar-refractivity contribution in [3.63, 3.8) is 0 Å². The molecule has 0 heterocycles. The van der Waals surface area contributed by atoms with Crippen molar-refractivity contribution in [2.45, 2.75) is 33.4 Å². The molecule has 0 atom stereocenters. The summed E-state index contributed by atoms with van der Waals surface area (Å²) in [6, 6.07) is 16.3. The van der Waals surface area contributed by atoms with Crippen LogP contribution in [0.25, 0.3) is 0 Å². The molecule has 160 valence electrons. The Morgan fingerprint density at radius 3 is 2.33 bits per heavy atom. The van der Waals surface area contributed by atoms with Gasteiger partial charge in [0.1, 0.15) is 17.9 Å². The van der Waals surface area contributed by atoms with Gasteiger partial charge >= 0.3 is 5.97 Å². The van der Waals surface area contributed by atoms with E-state index < -0.39 is 18.5 Å². The van der Waals surface area contributed by atoms with E-state index in [2.05, 4.69) is 5.32 Å². The molecule has 2 amide bonds. The standard InChI is InChI=1S/C23H28N2O5/c1-4-25(14-21(26)24-17(2)3)22(27)16-30-23(28)19-12-8-9-13-20(19)29-15-18-10-6-5-7-11-18/h5-13,17H,4,14-16H2,1-3H3,(H,24,26). The van der Waals surface area contributed by atoms with E-state index in [1.54, 1.807) is 31.2 Å². The molecule has 0 fully saturated rings. The van der Waals surface area contributed by atoms with E-state index >= 15 is 0 Å². The summed E-state index contributed by atoms with van der Waals surface area (Å²) in [6.07, 6.45) is 0. The number of likely N-dealkylation sites (N-methyl/N-ethyl adjacent to an activating group) is 1. The molecule has 7 heteroatoms. The Morgan fingerprint density at radius 1 is 1.00 bits per heavy atom. The Labute approximate surface area is 177 Å². The van der Waals surface area contributed by atoms with E-state index in [1.807, 2.05) is 44.2 Å². The first-order valence-corrected chi connectivity index (χ1v) is 9.90. The lowest BCUT2D eigenvalue weighted by atomic mass is 10.2. The van der Waals surface area contributed by atoms with Gasteiger partial charge in [-0.15, -0.1) is 0 Å². The van der Waals surface area contributed by atoms with E-state index in [-0.39, 0.29) is 24.1 Å². The number of ether oxygens (including phenoxy) is 2. The summed E-state index contributed by atoms with van der Waals surface area (Å²) < 4.78 is 10.9. The zero-order valence-corrected chi connectivity index (χ0v) is 17.6. The van der Waals surface area contributed by atoms with Gasteiger partial charge in [0.2, 0.25) is 5.91 Å². The summed E-state index contributed by atoms with van der Waals surface area (Å²) in [6.45, 7) is 5.55. The van der Waals surface area contributed by atoms with Crippen LogP contribution in [-0.4, -0.2) is 48.4 Å². The molecular formula is C23H28N2O5. The summed E-state index contributed by atoms with van der Waals surface area (Å²) in [5, 5.41) is 2.73. The van der Waals surface area contributed by atoms with Crippen molar-refractivity contribution in [2.24, 2.45) is 0 Å². The van der Waals surface area contributed by atoms with Crippen molar-refractivity contribution in [3.05, 3.63) is 65.7 Å². The molecule has 0 spiro atoms. The maximum absolute atomic E-state index is 12.5. The fourth-order valence-corrected chi connectivity index (χ4v) is 2.71. The molecule has 0 saturated carbocycles. The minimum atomic E-state index is -0.658. The number of nitrogens with one attached hydrogen (secondary N) is 1. The SMILES string of the molecule is CCN(CC(=O)NC(C)C)C(=O)COC(=O)c1ccccc1OCc1ccccc1. The van der Waals surface area contributed by atoms with Gasteiger partial charge in [0.25, 0.3) is 5.91 Å². The first-order valence-electron chi connectivity index (χ1n) is 9.90. The molecule has 2 aromatic rings. The van der Waals surface area contributed by atoms with Crippen LogP contribution < -0.4 is 10.1 Å². The largest absolute Gasteiger partial charge is 0.488 e. The third kappa shape index (κ3) is 7.24. The molecule has 0 saturated heterocycles. The molecule has 2 aromatic carbocycles. The number of esters is 1. The van der Waals surface area contributed by atoms with Crippen LogP contribution in [0.4, 0.5) is 0 Å². The number of carbonyl (C=O) groups is 3. The molecular weight excluding hydrogens is 384 g/mol. The number of amides is 2. The lowest BCUT2D eigenvalue weighted by molar-refractivity contribution is -0.138. The quantitative estimate of drug-likeness (QED) is 0.607. The minimum Gasteiger partial charge on any atom is -0.488 e. The van der Waals surface area contributed by atoms with Crippen molar-refractivity contribution in [1.29, 1.82) is 0 Å². The zero-order chi connectivity index (χ0) is 21.9. The number of carbonyl (C=O) groups excluding carboxylic acids is 3. The van der Waals surface area contributed by atoms with E-state index in [0.717, 1.165) is 5.56 Å². The van der Waals surface area contributed by atoms with Crippen LogP contribution in [0.2, 0.25) is 0 Å². The number of rotatable bonds is 10. The normalized spacial score (nSPS) is 10.4. The fraction of sp³-hybridized carbons (Fsp3) is 0.348. The van der Waals surface area contributed by atoms with Crippen LogP contribution >= 0.6 is 0 Å². The number of para-hydroxylation sites is 1. The molecule has 0 aromatic heterocycles. The second-order valence-corrected chi connectivity index (χ2v) is 6.98. The Bertz CT molecular complexity index is 852. The first-order chi connectivity index (χ1) is 14.4. The highest BCUT2D eigenvalue weighted by atomic mass is 16.5. The second kappa shape index (κ2) is 11.6. The first kappa shape index (κ1) is 22.9. The molecule has 0 aliphatic carbocycles. The lowest BCUT2D eigenvalue weighted by Gasteiger charge is -2.21. The molecule has 2 rings (SSSR count). The molecule has 7 nitrogen and oxygen atoms in total. The van der Waals surface area contributed by atoms with Crippen molar-refractivity contribution < 1.29 is 23.9 Å². The highest BCUT2D eigenvalue weighted by Gasteiger charge is 2.20. The van der Waals surface area contributed by atoms with Crippen molar-refractivity contribution in [2.75, 3.05) is 19.7 Å². The smallest absolute Gasteiger partial charge is 0.342 e. The Balaban J connectivity index is 1.93. The number of benzene rings is 2. The Hall–Kier alpha value is -3.35. The average Bonchev–Trinajstić information content (AvgIpc) is 2.74. The maximum Gasteiger partial charge on any atom is 0.342 e. The van der Waals surface area contributed by atoms with Gasteiger partial charge in [0.15, 0.2) is 6.61 Å². The third-order valence-corrected chi connectivity index (χ3v) is 4.19. The Kier molecular flexibility index (Phi) is 8.87. The van der Waals surface area contributed by atoms with Gasteiger partial charge in [0.05, 0.1) is 6.54 Å². The summed E-state index contributed by atoms with van der Waals surface area (Å²) in [5.41, 5.74) is 1.20. The van der Waals surface area contributed by atoms with Crippen LogP contribution in [0.3, 0.4) is 0 Å². The average molecular weight is 412 g/mol. The van der Waals surface area contributed by atoms with Gasteiger partial charge in [-0.2, -0.15) is 0 Å². The van der Waals surface area contributed by atoms with E-state index in [4.69, 9.17) is 9.47 Å². The van der Waals surface area contributed by atoms with Crippen LogP contribution in [-0.2, 0) is 20.9 Å². The highest BCUT2D eigenvalue weighted by molar-refractivity contribution is 5.94. The van der Waals surface area contributed by atoms with E-state index in [1.165, 1.54) is 4.90 Å². The third-order valence-electron chi connectivity index (χ3n) is 4.19. The summed E-state index contributed by atoms with van der Waals surface area (Å²) >= 11 is 0. The van der Waals surface area contributed by atoms with Crippen LogP contribution in [0.5, 0.6) is 5.75 Å². The monoisotopic (exact) mass is 412 g/mol. The molecule has 30 heavy (non-hydrogen) atoms. The number of hydrogen-bond acceptors (Lipinski definition) is 5. The predicted octanol–water partition coefficient (Wildman–Crippen LogP) is 2.80. The highest BCUT2D eigenvalue weighted by Crippen LogP contribution is 2.20. The van der Waals surface area contributed by atoms with E-state index in [0.29, 0.717) is 18.9 Å². The van der Waals surface area contributed by atoms with Gasteiger partial charge < -0.3 is 19.7 Å². The molecule has 0 aliphatic heterocycles.